The summed E-state index contributed by atoms with van der Waals surface area (Å²) in [6, 6.07) is 44.4. The number of aromatic nitrogens is 8. The number of amidine groups is 2. The standard InChI is InChI=1S/C49H57N11O13S2.C49H57N11O10S/c1-48(2,3)71-46(64)56-45-54-35(27-74-45)38(42(61)55-39-36(25-59-29-51-28-52-59)60(43(39)62)75(66,67)68)57-73-37(44(63)70-40(30-13-9-7-10-14-30)31-15-11-8-12-16-31)26-69-34-19-17-32(18-20-34)41(50)53-33-21-23-58(24-22-33)47(65)72-49(4,5)6;1-48(2,3)68-46(64)57-45-55-36(27-71-45)39(43(62)56-38-35(54-42(38)61)25-60-29-51-28-52-60)58-70-37(44(63)67-40(30-13-9-7-10-14-30)31-15-11-8-12-16-31)26-66-34-19-17-32(18-20-34)41(50)53-33-21-23-59(24-22-33)47(65)69-49(4,5)6/h7-20,27-29,33,36-37,39-40H,21-26H2,1-6H3,(H2,50,53)(H,55,61)(H,54,56,64)(H,66,67,68);7-20,27-29,33,35,37-38,40H,21-26H2,1-6H3,(H2,50,53)(H,54,61)(H,56,62)(H,55,57,64)/b57-38-;58-39-/t36-,37?,39+;35-,37?,38+/m11/s1. The van der Waals surface area contributed by atoms with E-state index in [1.165, 1.54) is 39.1 Å². The Morgan fingerprint density at radius 1 is 0.486 bits per heavy atom. The predicted molar refractivity (Wildman–Crippen MR) is 532 cm³/mol. The van der Waals surface area contributed by atoms with E-state index >= 15 is 0 Å². The maximum Gasteiger partial charge on any atom is 0.413 e. The summed E-state index contributed by atoms with van der Waals surface area (Å²) in [5.41, 5.74) is -0.626. The molecule has 772 valence electrons. The van der Waals surface area contributed by atoms with Crippen molar-refractivity contribution in [3.05, 3.63) is 251 Å². The number of carbonyl (C=O) groups is 10. The Labute approximate surface area is 848 Å². The first-order valence-electron chi connectivity index (χ1n) is 46.4. The first-order valence-corrected chi connectivity index (χ1v) is 49.5. The molecule has 146 heavy (non-hydrogen) atoms. The van der Waals surface area contributed by atoms with Crippen LogP contribution in [0.5, 0.6) is 11.5 Å². The lowest BCUT2D eigenvalue weighted by Crippen LogP contribution is -2.73. The fraction of sp³-hybridized carbons (Fsp3) is 0.388. The number of rotatable bonds is 35. The second kappa shape index (κ2) is 48.0. The minimum Gasteiger partial charge on any atom is -0.489 e. The monoisotopic (exact) mass is 2060 g/mol. The van der Waals surface area contributed by atoms with Gasteiger partial charge in [0, 0.05) is 60.1 Å². The number of benzene rings is 6. The van der Waals surface area contributed by atoms with Crippen LogP contribution >= 0.6 is 22.7 Å². The Balaban J connectivity index is 0.000000245. The normalized spacial score (nSPS) is 16.7. The third-order valence-corrected chi connectivity index (χ3v) is 24.3. The summed E-state index contributed by atoms with van der Waals surface area (Å²) in [6.07, 6.45) is 0.106. The van der Waals surface area contributed by atoms with E-state index in [1.54, 1.807) is 161 Å². The van der Waals surface area contributed by atoms with Gasteiger partial charge in [0.25, 0.3) is 29.9 Å². The van der Waals surface area contributed by atoms with Gasteiger partial charge in [-0.3, -0.25) is 54.5 Å². The number of amides is 8. The first-order chi connectivity index (χ1) is 69.4. The van der Waals surface area contributed by atoms with Crippen LogP contribution in [0.25, 0.3) is 0 Å². The van der Waals surface area contributed by atoms with Crippen LogP contribution in [-0.2, 0) is 90.3 Å². The molecule has 45 nitrogen and oxygen atoms in total. The Hall–Kier alpha value is -15.9. The third kappa shape index (κ3) is 31.1. The molecule has 4 aliphatic rings. The molecule has 6 aromatic carbocycles. The Kier molecular flexibility index (Phi) is 35.3. The van der Waals surface area contributed by atoms with E-state index in [1.807, 2.05) is 102 Å². The van der Waals surface area contributed by atoms with E-state index in [9.17, 15) is 60.9 Å². The van der Waals surface area contributed by atoms with Gasteiger partial charge in [0.05, 0.1) is 25.2 Å². The van der Waals surface area contributed by atoms with Crippen LogP contribution in [-0.4, -0.2) is 260 Å². The van der Waals surface area contributed by atoms with Gasteiger partial charge in [0.15, 0.2) is 33.9 Å². The summed E-state index contributed by atoms with van der Waals surface area (Å²) < 4.78 is 83.6. The van der Waals surface area contributed by atoms with Gasteiger partial charge < -0.3 is 84.0 Å². The van der Waals surface area contributed by atoms with Crippen LogP contribution in [0.2, 0.25) is 0 Å². The number of nitrogens with one attached hydrogen (secondary N) is 9. The molecule has 0 radical (unpaired) electrons. The van der Waals surface area contributed by atoms with E-state index < -0.39 is 154 Å². The molecule has 8 amide bonds. The number of β-lactam (4-membered cyclic amide) rings is 2. The lowest BCUT2D eigenvalue weighted by molar-refractivity contribution is -0.164. The molecule has 0 aliphatic carbocycles. The number of thiazole rings is 2. The number of ether oxygens (including phenoxy) is 8. The number of piperidine rings is 2. The smallest absolute Gasteiger partial charge is 0.413 e. The second-order valence-corrected chi connectivity index (χ2v) is 40.8. The molecule has 4 aromatic heterocycles. The van der Waals surface area contributed by atoms with E-state index in [0.29, 0.717) is 91.0 Å². The molecular formula is C98H114N22O23S3. The zero-order valence-electron chi connectivity index (χ0n) is 81.9. The number of likely N-dealkylation sites (tertiary alicyclic amines) is 2. The van der Waals surface area contributed by atoms with Crippen molar-refractivity contribution in [1.29, 1.82) is 10.8 Å². The minimum atomic E-state index is -5.10. The van der Waals surface area contributed by atoms with Crippen molar-refractivity contribution >= 4 is 126 Å². The van der Waals surface area contributed by atoms with Crippen LogP contribution in [0.1, 0.15) is 166 Å². The number of anilines is 2. The van der Waals surface area contributed by atoms with Gasteiger partial charge >= 0.3 is 46.6 Å². The average Bonchev–Trinajstić information content (AvgIpc) is 0.914. The van der Waals surface area contributed by atoms with Crippen molar-refractivity contribution in [1.82, 2.24) is 80.2 Å². The number of carbonyl (C=O) groups excluding carboxylic acids is 10. The maximum absolute atomic E-state index is 14.5. The summed E-state index contributed by atoms with van der Waals surface area (Å²) in [4.78, 5) is 166. The maximum atomic E-state index is 14.5. The molecule has 2 unspecified atom stereocenters. The topological polar surface area (TPSA) is 571 Å². The van der Waals surface area contributed by atoms with Gasteiger partial charge in [-0.05, 0) is 180 Å². The van der Waals surface area contributed by atoms with Crippen molar-refractivity contribution < 1.29 is 108 Å². The molecule has 10 N–H and O–H groups in total. The van der Waals surface area contributed by atoms with Crippen LogP contribution in [0.4, 0.5) is 29.4 Å². The molecule has 10 aromatic rings. The van der Waals surface area contributed by atoms with Crippen molar-refractivity contribution in [3.63, 3.8) is 0 Å². The fourth-order valence-corrected chi connectivity index (χ4v) is 17.2. The summed E-state index contributed by atoms with van der Waals surface area (Å²) >= 11 is 1.83. The van der Waals surface area contributed by atoms with Crippen LogP contribution in [0, 0.1) is 10.8 Å². The van der Waals surface area contributed by atoms with Crippen molar-refractivity contribution in [3.8, 4) is 11.5 Å². The minimum absolute atomic E-state index is 0.0341. The molecule has 0 saturated carbocycles. The third-order valence-electron chi connectivity index (χ3n) is 21.9. The van der Waals surface area contributed by atoms with E-state index in [4.69, 9.17) is 58.4 Å². The first kappa shape index (κ1) is 107. The van der Waals surface area contributed by atoms with Crippen molar-refractivity contribution in [2.24, 2.45) is 10.3 Å². The molecule has 4 fully saturated rings. The van der Waals surface area contributed by atoms with Gasteiger partial charge in [-0.15, -0.1) is 22.7 Å². The highest BCUT2D eigenvalue weighted by Crippen LogP contribution is 2.33. The number of oxime groups is 2. The molecular weight excluding hydrogens is 1950 g/mol. The lowest BCUT2D eigenvalue weighted by Gasteiger charge is -2.43. The molecule has 6 atom stereocenters. The highest BCUT2D eigenvalue weighted by Gasteiger charge is 2.55. The summed E-state index contributed by atoms with van der Waals surface area (Å²) in [7, 11) is -5.10. The van der Waals surface area contributed by atoms with Gasteiger partial charge in [-0.2, -0.15) is 18.6 Å². The van der Waals surface area contributed by atoms with Crippen LogP contribution in [0.3, 0.4) is 0 Å². The molecule has 4 aliphatic heterocycles. The molecule has 14 rings (SSSR count). The zero-order chi connectivity index (χ0) is 105. The molecule has 4 saturated heterocycles. The van der Waals surface area contributed by atoms with Gasteiger partial charge in [0.1, 0.15) is 108 Å². The Bertz CT molecular complexity index is 6310. The zero-order valence-corrected chi connectivity index (χ0v) is 84.3. The number of esters is 2. The molecule has 48 heteroatoms. The van der Waals surface area contributed by atoms with E-state index in [-0.39, 0.29) is 80.7 Å². The lowest BCUT2D eigenvalue weighted by atomic mass is 9.98. The average molecular weight is 2060 g/mol. The van der Waals surface area contributed by atoms with Crippen molar-refractivity contribution in [2.75, 3.05) is 50.0 Å². The molecule has 8 heterocycles. The Morgan fingerprint density at radius 3 is 1.18 bits per heavy atom. The largest absolute Gasteiger partial charge is 0.489 e. The quantitative estimate of drug-likeness (QED) is 0.00335. The fourth-order valence-electron chi connectivity index (χ4n) is 14.9. The van der Waals surface area contributed by atoms with Crippen LogP contribution in [0.15, 0.2) is 216 Å². The summed E-state index contributed by atoms with van der Waals surface area (Å²) in [6.45, 7) is 21.7. The van der Waals surface area contributed by atoms with Gasteiger partial charge in [0.2, 0.25) is 5.91 Å². The highest BCUT2D eigenvalue weighted by atomic mass is 32.2. The number of hydrogen-bond donors (Lipinski definition) is 10. The van der Waals surface area contributed by atoms with Crippen LogP contribution < -0.4 is 46.7 Å². The van der Waals surface area contributed by atoms with Crippen molar-refractivity contribution in [2.45, 2.75) is 205 Å². The second-order valence-electron chi connectivity index (χ2n) is 37.8. The highest BCUT2D eigenvalue weighted by molar-refractivity contribution is 7.84. The van der Waals surface area contributed by atoms with Gasteiger partial charge in [-0.25, -0.2) is 53.0 Å². The SMILES string of the molecule is CC(C)(C)OC(=O)Nc1nc(/C(=N/OC(COc2ccc(C(=N)NC3CCN(C(=O)OC(C)(C)C)CC3)cc2)C(=O)OC(c2ccccc2)c2ccccc2)C(=O)N[C@@H]2C(=O)N(S(=O)(=O)O)[C@@H]2Cn2cncn2)cs1.CC(C)(C)OC(=O)Nc1nc(/C(=N/OC(COc2ccc(C(=N)NC3CCN(C(=O)OC(C)(C)C)CC3)cc2)C(=O)OC(c2ccccc2)c2ccccc2)C(=O)N[C@@H]2C(=O)N[C@@H]2Cn2cncn2)cs1. The predicted octanol–water partition coefficient (Wildman–Crippen LogP) is 10.7. The summed E-state index contributed by atoms with van der Waals surface area (Å²) in [5.74, 6) is -4.71. The van der Waals surface area contributed by atoms with E-state index in [2.05, 4.69) is 77.7 Å². The molecule has 0 bridgehead atoms. The van der Waals surface area contributed by atoms with E-state index in [0.717, 1.165) is 29.0 Å². The number of hydrogen-bond acceptors (Lipinski definition) is 34. The molecule has 0 spiro atoms. The Morgan fingerprint density at radius 2 is 0.842 bits per heavy atom. The number of nitrogens with zero attached hydrogens (tertiary/aromatic N) is 13. The van der Waals surface area contributed by atoms with Gasteiger partial charge in [-0.1, -0.05) is 132 Å². The summed E-state index contributed by atoms with van der Waals surface area (Å²) in [5, 5.41) is 56.0.